The molecule has 8 heterocycles. The molecule has 0 radical (unpaired) electrons. The Kier molecular flexibility index (Phi) is 11.3. The van der Waals surface area contributed by atoms with E-state index in [9.17, 15) is 24.3 Å². The number of amides is 4. The predicted octanol–water partition coefficient (Wildman–Crippen LogP) is 8.15. The molecule has 0 bridgehead atoms. The molecule has 6 aromatic rings. The van der Waals surface area contributed by atoms with E-state index in [1.165, 1.54) is 42.4 Å². The minimum atomic E-state index is -0.737. The van der Waals surface area contributed by atoms with Gasteiger partial charge in [0.2, 0.25) is 23.6 Å². The number of aromatic nitrogens is 2. The molecule has 2 unspecified atom stereocenters. The van der Waals surface area contributed by atoms with Crippen molar-refractivity contribution < 1.29 is 24.3 Å². The van der Waals surface area contributed by atoms with E-state index in [-0.39, 0.29) is 35.7 Å². The van der Waals surface area contributed by atoms with Crippen molar-refractivity contribution in [3.63, 3.8) is 0 Å². The second-order valence-electron chi connectivity index (χ2n) is 15.9. The molecular weight excluding hydrogens is 835 g/mol. The summed E-state index contributed by atoms with van der Waals surface area (Å²) in [5, 5.41) is 23.8. The molecule has 5 aromatic heterocycles. The van der Waals surface area contributed by atoms with Gasteiger partial charge in [0.15, 0.2) is 0 Å². The van der Waals surface area contributed by atoms with Crippen molar-refractivity contribution in [1.29, 1.82) is 0 Å². The van der Waals surface area contributed by atoms with Gasteiger partial charge in [-0.25, -0.2) is 4.98 Å². The number of carbonyl (C=O) groups excluding carboxylic acids is 4. The van der Waals surface area contributed by atoms with E-state index in [4.69, 9.17) is 9.98 Å². The van der Waals surface area contributed by atoms with Crippen LogP contribution in [0, 0.1) is 5.92 Å². The van der Waals surface area contributed by atoms with Gasteiger partial charge in [0.1, 0.15) is 24.5 Å². The zero-order valence-corrected chi connectivity index (χ0v) is 36.7. The number of aliphatic imine (C=N–C) groups is 1. The first-order valence-electron chi connectivity index (χ1n) is 20.2. The number of rotatable bonds is 12. The molecule has 4 N–H and O–H groups in total. The van der Waals surface area contributed by atoms with Crippen LogP contribution in [-0.2, 0) is 19.2 Å². The number of H-pyrrole nitrogens is 1. The first kappa shape index (κ1) is 40.4. The summed E-state index contributed by atoms with van der Waals surface area (Å²) < 4.78 is 4.91. The lowest BCUT2D eigenvalue weighted by atomic mass is 9.99. The highest BCUT2D eigenvalue weighted by molar-refractivity contribution is 7.29. The number of carbonyl (C=O) groups is 4. The minimum Gasteiger partial charge on any atom is -0.387 e. The van der Waals surface area contributed by atoms with E-state index in [0.717, 1.165) is 59.6 Å². The van der Waals surface area contributed by atoms with Crippen molar-refractivity contribution in [2.75, 3.05) is 19.7 Å². The highest BCUT2D eigenvalue weighted by atomic mass is 32.1. The Bertz CT molecular complexity index is 2670. The maximum absolute atomic E-state index is 14.0. The molecule has 0 saturated carbocycles. The Hall–Kier alpha value is -5.00. The van der Waals surface area contributed by atoms with Gasteiger partial charge in [-0.2, -0.15) is 0 Å². The summed E-state index contributed by atoms with van der Waals surface area (Å²) in [5.74, 6) is -0.463. The average molecular weight is 880 g/mol. The normalized spacial score (nSPS) is 19.0. The fourth-order valence-corrected chi connectivity index (χ4v) is 13.7. The van der Waals surface area contributed by atoms with E-state index in [2.05, 4.69) is 37.1 Å². The van der Waals surface area contributed by atoms with Crippen molar-refractivity contribution in [3.8, 4) is 22.4 Å². The van der Waals surface area contributed by atoms with E-state index >= 15 is 0 Å². The van der Waals surface area contributed by atoms with Gasteiger partial charge in [-0.05, 0) is 42.7 Å². The van der Waals surface area contributed by atoms with Crippen LogP contribution in [0.25, 0.3) is 46.8 Å². The van der Waals surface area contributed by atoms with Crippen LogP contribution < -0.4 is 10.6 Å². The summed E-state index contributed by atoms with van der Waals surface area (Å²) in [6.45, 7) is 5.77. The largest absolute Gasteiger partial charge is 0.387 e. The third kappa shape index (κ3) is 7.42. The molecule has 16 heteroatoms. The zero-order chi connectivity index (χ0) is 41.7. The average Bonchev–Trinajstić information content (AvgIpc) is 4.08. The maximum atomic E-state index is 14.0. The summed E-state index contributed by atoms with van der Waals surface area (Å²) in [6, 6.07) is 7.64. The number of hydrogen-bond acceptors (Lipinski definition) is 11. The molecule has 12 nitrogen and oxygen atoms in total. The van der Waals surface area contributed by atoms with Crippen LogP contribution in [0.15, 0.2) is 69.2 Å². The van der Waals surface area contributed by atoms with E-state index < -0.39 is 24.6 Å². The van der Waals surface area contributed by atoms with Gasteiger partial charge in [-0.1, -0.05) is 44.2 Å². The highest BCUT2D eigenvalue weighted by Gasteiger charge is 2.39. The van der Waals surface area contributed by atoms with Crippen molar-refractivity contribution in [1.82, 2.24) is 30.4 Å². The SMILES string of the molecule is CC(=O)N[C@@H](C(=O)N1CCCC1C1=NC=C(c2csc3c(-c4csc5c(-c6cnc(C7CCCN7C(=O)[C@@H](NC(=O)CO)C(C)C)[nH]6)csc45)csc23)C1)c1ccccc1. The summed E-state index contributed by atoms with van der Waals surface area (Å²) in [6.07, 6.45) is 7.85. The molecule has 2 saturated heterocycles. The number of nitrogens with one attached hydrogen (secondary N) is 3. The third-order valence-electron chi connectivity index (χ3n) is 11.7. The molecular formula is C44H45N7O5S4. The Labute approximate surface area is 363 Å². The molecule has 0 spiro atoms. The molecule has 1 aromatic carbocycles. The van der Waals surface area contributed by atoms with Crippen molar-refractivity contribution in [3.05, 3.63) is 81.2 Å². The van der Waals surface area contributed by atoms with Crippen LogP contribution in [0.4, 0.5) is 0 Å². The monoisotopic (exact) mass is 879 g/mol. The third-order valence-corrected chi connectivity index (χ3v) is 16.1. The molecule has 310 valence electrons. The van der Waals surface area contributed by atoms with Gasteiger partial charge in [0, 0.05) is 82.1 Å². The van der Waals surface area contributed by atoms with Crippen LogP contribution in [0.3, 0.4) is 0 Å². The topological polar surface area (TPSA) is 160 Å². The number of allylic oxidation sites excluding steroid dienone is 1. The van der Waals surface area contributed by atoms with Crippen LogP contribution in [0.1, 0.15) is 81.9 Å². The van der Waals surface area contributed by atoms with Crippen LogP contribution in [-0.4, -0.2) is 86.0 Å². The molecule has 9 rings (SSSR count). The summed E-state index contributed by atoms with van der Waals surface area (Å²) in [5.41, 5.74) is 8.55. The lowest BCUT2D eigenvalue weighted by Crippen LogP contribution is -2.51. The summed E-state index contributed by atoms with van der Waals surface area (Å²) in [7, 11) is 0. The van der Waals surface area contributed by atoms with E-state index in [0.29, 0.717) is 19.5 Å². The molecule has 4 atom stereocenters. The van der Waals surface area contributed by atoms with Crippen LogP contribution in [0.5, 0.6) is 0 Å². The number of aromatic amines is 1. The second-order valence-corrected chi connectivity index (χ2v) is 19.4. The Morgan fingerprint density at radius 2 is 1.42 bits per heavy atom. The lowest BCUT2D eigenvalue weighted by Gasteiger charge is -2.30. The Morgan fingerprint density at radius 3 is 2.07 bits per heavy atom. The second kappa shape index (κ2) is 16.8. The van der Waals surface area contributed by atoms with Gasteiger partial charge < -0.3 is 30.5 Å². The predicted molar refractivity (Wildman–Crippen MR) is 241 cm³/mol. The fourth-order valence-electron chi connectivity index (χ4n) is 8.79. The molecule has 4 amide bonds. The van der Waals surface area contributed by atoms with Crippen LogP contribution in [0.2, 0.25) is 0 Å². The quantitative estimate of drug-likeness (QED) is 0.0972. The Morgan fingerprint density at radius 1 is 0.817 bits per heavy atom. The number of aliphatic hydroxyl groups is 1. The molecule has 2 fully saturated rings. The van der Waals surface area contributed by atoms with Gasteiger partial charge in [-0.15, -0.1) is 45.3 Å². The van der Waals surface area contributed by atoms with Gasteiger partial charge in [0.05, 0.1) is 42.8 Å². The fraction of sp³-hybridized carbons (Fsp3) is 0.364. The van der Waals surface area contributed by atoms with Gasteiger partial charge in [0.25, 0.3) is 0 Å². The number of nitrogens with zero attached hydrogens (tertiary/aromatic N) is 4. The number of likely N-dealkylation sites (tertiary alicyclic amines) is 2. The summed E-state index contributed by atoms with van der Waals surface area (Å²) in [4.78, 5) is 68.8. The standard InChI is InChI=1S/C44H45N7O5S4/c1-23(2)36(49-35(54)18-52)43(55)51-14-8-12-34(51)42-46-17-32(48-42)30-22-60-40-29(21-59-41(30)40)28-20-58-38-27(19-57-39(28)38)26-15-31(45-16-26)33-11-7-13-50(33)44(56)37(47-24(3)53)25-9-5-4-6-10-25/h4-6,9-10,16-17,19-23,33-34,36-37,52H,7-8,11-15,18H2,1-3H3,(H,46,48)(H,47,53)(H,49,54)/t33?,34?,36-,37+/m0/s1. The zero-order valence-electron chi connectivity index (χ0n) is 33.4. The number of benzene rings is 1. The number of thiophene rings is 4. The first-order chi connectivity index (χ1) is 29.1. The number of fused-ring (bicyclic) bond motifs is 2. The molecule has 0 aliphatic carbocycles. The van der Waals surface area contributed by atoms with Gasteiger partial charge in [-0.3, -0.25) is 24.2 Å². The first-order valence-corrected chi connectivity index (χ1v) is 23.7. The Balaban J connectivity index is 0.909. The van der Waals surface area contributed by atoms with Crippen molar-refractivity contribution >= 4 is 99.1 Å². The molecule has 3 aliphatic heterocycles. The smallest absolute Gasteiger partial charge is 0.250 e. The minimum absolute atomic E-state index is 0.0990. The van der Waals surface area contributed by atoms with Crippen LogP contribution >= 0.6 is 45.3 Å². The molecule has 60 heavy (non-hydrogen) atoms. The van der Waals surface area contributed by atoms with Crippen molar-refractivity contribution in [2.45, 2.75) is 77.0 Å². The lowest BCUT2D eigenvalue weighted by molar-refractivity contribution is -0.139. The van der Waals surface area contributed by atoms with Gasteiger partial charge >= 0.3 is 0 Å². The summed E-state index contributed by atoms with van der Waals surface area (Å²) >= 11 is 6.96. The molecule has 3 aliphatic rings. The van der Waals surface area contributed by atoms with E-state index in [1.54, 1.807) is 45.3 Å². The highest BCUT2D eigenvalue weighted by Crippen LogP contribution is 2.50. The number of hydrogen-bond donors (Lipinski definition) is 4. The van der Waals surface area contributed by atoms with E-state index in [1.807, 2.05) is 66.4 Å². The number of imidazole rings is 1. The maximum Gasteiger partial charge on any atom is 0.250 e. The number of aliphatic hydroxyl groups excluding tert-OH is 1. The van der Waals surface area contributed by atoms with Crippen molar-refractivity contribution in [2.24, 2.45) is 10.9 Å².